The molecule has 1 aliphatic carbocycles. The molecule has 0 fully saturated rings. The van der Waals surface area contributed by atoms with Crippen molar-refractivity contribution < 1.29 is 14.3 Å². The van der Waals surface area contributed by atoms with E-state index in [9.17, 15) is 4.79 Å². The summed E-state index contributed by atoms with van der Waals surface area (Å²) in [6.45, 7) is 3.25. The van der Waals surface area contributed by atoms with E-state index in [0.717, 1.165) is 23.9 Å². The lowest BCUT2D eigenvalue weighted by molar-refractivity contribution is -0.144. The van der Waals surface area contributed by atoms with E-state index in [-0.39, 0.29) is 12.5 Å². The van der Waals surface area contributed by atoms with Crippen molar-refractivity contribution in [3.05, 3.63) is 68.1 Å². The van der Waals surface area contributed by atoms with Crippen LogP contribution in [0.2, 0.25) is 5.02 Å². The Balaban J connectivity index is 0.000000196. The summed E-state index contributed by atoms with van der Waals surface area (Å²) in [6.07, 6.45) is 8.50. The number of carbonyl (C=O) groups is 1. The van der Waals surface area contributed by atoms with E-state index in [4.69, 9.17) is 21.1 Å². The van der Waals surface area contributed by atoms with Crippen molar-refractivity contribution >= 4 is 45.4 Å². The maximum atomic E-state index is 11.3. The van der Waals surface area contributed by atoms with Crippen molar-refractivity contribution in [2.24, 2.45) is 0 Å². The highest BCUT2D eigenvalue weighted by molar-refractivity contribution is 9.11. The molecule has 1 aromatic carbocycles. The van der Waals surface area contributed by atoms with Crippen LogP contribution in [-0.2, 0) is 28.9 Å². The molecule has 1 aromatic heterocycles. The highest BCUT2D eigenvalue weighted by atomic mass is 79.9. The summed E-state index contributed by atoms with van der Waals surface area (Å²) in [7, 11) is 4.03. The number of ether oxygens (including phenoxy) is 2. The van der Waals surface area contributed by atoms with Gasteiger partial charge in [-0.2, -0.15) is 5.10 Å². The van der Waals surface area contributed by atoms with Gasteiger partial charge in [0.05, 0.1) is 23.8 Å². The number of rotatable bonds is 7. The molecule has 184 valence electrons. The molecule has 0 radical (unpaired) electrons. The number of aryl methyl sites for hydroxylation is 1. The molecule has 10 heteroatoms. The normalized spacial score (nSPS) is 15.1. The number of nitrogens with one attached hydrogen (secondary N) is 1. The minimum Gasteiger partial charge on any atom is -0.465 e. The van der Waals surface area contributed by atoms with Crippen LogP contribution in [0.1, 0.15) is 31.0 Å². The number of halogens is 2. The zero-order valence-electron chi connectivity index (χ0n) is 19.6. The van der Waals surface area contributed by atoms with Gasteiger partial charge in [-0.15, -0.1) is 0 Å². The first-order valence-corrected chi connectivity index (χ1v) is 13.1. The van der Waals surface area contributed by atoms with E-state index >= 15 is 0 Å². The topological polar surface area (TPSA) is 68.6 Å². The molecule has 4 rings (SSSR count). The Bertz CT molecular complexity index is 1050. The second-order valence-electron chi connectivity index (χ2n) is 7.89. The fourth-order valence-electron chi connectivity index (χ4n) is 3.56. The van der Waals surface area contributed by atoms with Gasteiger partial charge in [0, 0.05) is 15.6 Å². The fourth-order valence-corrected chi connectivity index (χ4v) is 5.16. The van der Waals surface area contributed by atoms with E-state index in [1.807, 2.05) is 45.4 Å². The van der Waals surface area contributed by atoms with Gasteiger partial charge in [0.15, 0.2) is 0 Å². The van der Waals surface area contributed by atoms with Crippen molar-refractivity contribution in [2.75, 3.05) is 27.2 Å². The maximum absolute atomic E-state index is 11.3. The lowest BCUT2D eigenvalue weighted by atomic mass is 9.98. The Kier molecular flexibility index (Phi) is 10.4. The number of hydrogen-bond donors (Lipinski definition) is 1. The summed E-state index contributed by atoms with van der Waals surface area (Å²) in [5.74, 6) is 1.21. The minimum atomic E-state index is -0.200. The standard InChI is InChI=1S/C13H14BrClN2OS.C11H16N2O2/c1-17(2)19-11-7-12(14)13(16-8-11)18-10-5-3-4-9(15)6-10;1-2-15-11(14)8-13-10-6-4-3-5-9(10)7-12-13/h3-7,16H,8H2,1-2H3;7H,2-6,8H2,1H3. The third kappa shape index (κ3) is 8.08. The highest BCUT2D eigenvalue weighted by Gasteiger charge is 2.17. The molecule has 0 saturated carbocycles. The number of dihydropyridines is 1. The van der Waals surface area contributed by atoms with Crippen LogP contribution in [0.5, 0.6) is 5.75 Å². The lowest BCUT2D eigenvalue weighted by Gasteiger charge is -2.21. The van der Waals surface area contributed by atoms with Crippen LogP contribution in [-0.4, -0.2) is 47.3 Å². The number of nitrogens with zero attached hydrogens (tertiary/aromatic N) is 3. The zero-order valence-corrected chi connectivity index (χ0v) is 22.8. The van der Waals surface area contributed by atoms with E-state index in [0.29, 0.717) is 23.3 Å². The number of carbonyl (C=O) groups excluding carboxylic acids is 1. The van der Waals surface area contributed by atoms with Gasteiger partial charge >= 0.3 is 5.97 Å². The first-order chi connectivity index (χ1) is 16.4. The van der Waals surface area contributed by atoms with Gasteiger partial charge in [-0.3, -0.25) is 13.8 Å². The largest absolute Gasteiger partial charge is 0.465 e. The Morgan fingerprint density at radius 2 is 2.12 bits per heavy atom. The Hall–Kier alpha value is -1.94. The number of allylic oxidation sites excluding steroid dienone is 2. The summed E-state index contributed by atoms with van der Waals surface area (Å²) in [4.78, 5) is 12.5. The average Bonchev–Trinajstić information content (AvgIpc) is 3.19. The zero-order chi connectivity index (χ0) is 24.5. The molecule has 0 amide bonds. The maximum Gasteiger partial charge on any atom is 0.327 e. The highest BCUT2D eigenvalue weighted by Crippen LogP contribution is 2.28. The van der Waals surface area contributed by atoms with E-state index in [1.54, 1.807) is 22.7 Å². The molecule has 1 aliphatic heterocycles. The summed E-state index contributed by atoms with van der Waals surface area (Å²) in [5.41, 5.74) is 2.51. The first-order valence-electron chi connectivity index (χ1n) is 11.2. The number of aromatic nitrogens is 2. The SMILES string of the molecule is CCOC(=O)Cn1ncc2c1CCCC2.CN(C)SC1=CC(Br)=C(Oc2cccc(Cl)c2)NC1. The van der Waals surface area contributed by atoms with E-state index < -0.39 is 0 Å². The van der Waals surface area contributed by atoms with Crippen LogP contribution >= 0.6 is 39.5 Å². The number of fused-ring (bicyclic) bond motifs is 1. The van der Waals surface area contributed by atoms with Gasteiger partial charge in [-0.05, 0) is 104 Å². The molecule has 2 heterocycles. The summed E-state index contributed by atoms with van der Waals surface area (Å²) in [6, 6.07) is 7.33. The molecule has 34 heavy (non-hydrogen) atoms. The molecule has 0 bridgehead atoms. The van der Waals surface area contributed by atoms with Crippen LogP contribution in [0.4, 0.5) is 0 Å². The van der Waals surface area contributed by atoms with Crippen LogP contribution in [0.25, 0.3) is 0 Å². The van der Waals surface area contributed by atoms with E-state index in [1.165, 1.54) is 29.0 Å². The predicted octanol–water partition coefficient (Wildman–Crippen LogP) is 5.30. The van der Waals surface area contributed by atoms with Crippen LogP contribution in [0.15, 0.2) is 51.8 Å². The molecule has 0 spiro atoms. The average molecular weight is 570 g/mol. The second-order valence-corrected chi connectivity index (χ2v) is 10.6. The summed E-state index contributed by atoms with van der Waals surface area (Å²) in [5, 5.41) is 8.14. The Morgan fingerprint density at radius 3 is 2.82 bits per heavy atom. The van der Waals surface area contributed by atoms with Crippen LogP contribution in [0, 0.1) is 0 Å². The molecule has 0 unspecified atom stereocenters. The molecular formula is C24H30BrClN4O3S. The quantitative estimate of drug-likeness (QED) is 0.358. The molecule has 1 N–H and O–H groups in total. The van der Waals surface area contributed by atoms with Crippen molar-refractivity contribution in [3.63, 3.8) is 0 Å². The molecule has 2 aromatic rings. The third-order valence-electron chi connectivity index (χ3n) is 4.97. The smallest absolute Gasteiger partial charge is 0.327 e. The molecular weight excluding hydrogens is 540 g/mol. The number of esters is 1. The minimum absolute atomic E-state index is 0.200. The lowest BCUT2D eigenvalue weighted by Crippen LogP contribution is -2.24. The summed E-state index contributed by atoms with van der Waals surface area (Å²) >= 11 is 11.1. The Labute approximate surface area is 218 Å². The van der Waals surface area contributed by atoms with Gasteiger partial charge in [0.25, 0.3) is 0 Å². The van der Waals surface area contributed by atoms with Gasteiger partial charge in [0.2, 0.25) is 5.88 Å². The van der Waals surface area contributed by atoms with Crippen LogP contribution in [0.3, 0.4) is 0 Å². The van der Waals surface area contributed by atoms with Crippen molar-refractivity contribution in [1.29, 1.82) is 0 Å². The van der Waals surface area contributed by atoms with Crippen LogP contribution < -0.4 is 10.1 Å². The number of benzene rings is 1. The van der Waals surface area contributed by atoms with Gasteiger partial charge in [-0.1, -0.05) is 17.7 Å². The predicted molar refractivity (Wildman–Crippen MR) is 141 cm³/mol. The molecule has 0 saturated heterocycles. The summed E-state index contributed by atoms with van der Waals surface area (Å²) < 4.78 is 15.4. The van der Waals surface area contributed by atoms with Gasteiger partial charge in [0.1, 0.15) is 12.3 Å². The van der Waals surface area contributed by atoms with Crippen molar-refractivity contribution in [2.45, 2.75) is 39.2 Å². The van der Waals surface area contributed by atoms with E-state index in [2.05, 4.69) is 36.7 Å². The Morgan fingerprint density at radius 1 is 1.32 bits per heavy atom. The van der Waals surface area contributed by atoms with Gasteiger partial charge in [-0.25, -0.2) is 0 Å². The van der Waals surface area contributed by atoms with Crippen molar-refractivity contribution in [1.82, 2.24) is 19.4 Å². The first kappa shape index (κ1) is 26.7. The third-order valence-corrected chi connectivity index (χ3v) is 6.66. The molecule has 2 aliphatic rings. The second kappa shape index (κ2) is 13.2. The molecule has 0 atom stereocenters. The molecule has 7 nitrogen and oxygen atoms in total. The monoisotopic (exact) mass is 568 g/mol. The van der Waals surface area contributed by atoms with Crippen molar-refractivity contribution in [3.8, 4) is 5.75 Å². The fraction of sp³-hybridized carbons (Fsp3) is 0.417. The van der Waals surface area contributed by atoms with Gasteiger partial charge < -0.3 is 14.8 Å². The number of hydrogen-bond acceptors (Lipinski definition) is 7.